The highest BCUT2D eigenvalue weighted by atomic mass is 35.5. The molecule has 2 aromatic rings. The van der Waals surface area contributed by atoms with Gasteiger partial charge in [0.1, 0.15) is 5.01 Å². The predicted molar refractivity (Wildman–Crippen MR) is 95.2 cm³/mol. The standard InChI is InChI=1S/C14H16ClN3S.2ClH/c15-13-4-2-1-3-12(13)14-17-11(10-19-14)9-18-7-5-16-6-8-18;;/h1-4,10,16H,5-9H2;2*1H. The van der Waals surface area contributed by atoms with Crippen LogP contribution in [0.15, 0.2) is 29.6 Å². The molecule has 1 aromatic heterocycles. The number of rotatable bonds is 3. The summed E-state index contributed by atoms with van der Waals surface area (Å²) in [6, 6.07) is 7.88. The Bertz CT molecular complexity index is 556. The molecule has 21 heavy (non-hydrogen) atoms. The number of nitrogens with one attached hydrogen (secondary N) is 1. The molecule has 2 heterocycles. The van der Waals surface area contributed by atoms with E-state index in [0.717, 1.165) is 54.0 Å². The molecule has 0 unspecified atom stereocenters. The Hall–Kier alpha value is -0.360. The van der Waals surface area contributed by atoms with Crippen molar-refractivity contribution in [2.24, 2.45) is 0 Å². The van der Waals surface area contributed by atoms with Crippen LogP contribution in [0.1, 0.15) is 5.69 Å². The fraction of sp³-hybridized carbons (Fsp3) is 0.357. The fourth-order valence-electron chi connectivity index (χ4n) is 2.24. The van der Waals surface area contributed by atoms with Crippen molar-refractivity contribution in [3.05, 3.63) is 40.4 Å². The molecule has 0 radical (unpaired) electrons. The van der Waals surface area contributed by atoms with Crippen LogP contribution in [0.2, 0.25) is 5.02 Å². The van der Waals surface area contributed by atoms with Crippen molar-refractivity contribution in [1.29, 1.82) is 0 Å². The Morgan fingerprint density at radius 3 is 2.62 bits per heavy atom. The van der Waals surface area contributed by atoms with E-state index in [1.54, 1.807) is 11.3 Å². The van der Waals surface area contributed by atoms with Gasteiger partial charge >= 0.3 is 0 Å². The molecule has 3 nitrogen and oxygen atoms in total. The second kappa shape index (κ2) is 8.93. The third kappa shape index (κ3) is 4.81. The summed E-state index contributed by atoms with van der Waals surface area (Å²) in [5.41, 5.74) is 2.17. The fourth-order valence-corrected chi connectivity index (χ4v) is 3.37. The Morgan fingerprint density at radius 1 is 1.19 bits per heavy atom. The molecular weight excluding hydrogens is 349 g/mol. The topological polar surface area (TPSA) is 28.2 Å². The molecule has 1 aliphatic heterocycles. The molecule has 0 saturated carbocycles. The highest BCUT2D eigenvalue weighted by Crippen LogP contribution is 2.30. The molecule has 0 aliphatic carbocycles. The van der Waals surface area contributed by atoms with Crippen LogP contribution in [0.4, 0.5) is 0 Å². The van der Waals surface area contributed by atoms with Crippen LogP contribution in [0, 0.1) is 0 Å². The highest BCUT2D eigenvalue weighted by molar-refractivity contribution is 7.13. The van der Waals surface area contributed by atoms with Crippen LogP contribution in [0.5, 0.6) is 0 Å². The zero-order valence-electron chi connectivity index (χ0n) is 11.4. The lowest BCUT2D eigenvalue weighted by atomic mass is 10.2. The summed E-state index contributed by atoms with van der Waals surface area (Å²) in [5, 5.41) is 7.28. The number of halogens is 3. The van der Waals surface area contributed by atoms with Gasteiger partial charge in [-0.15, -0.1) is 36.2 Å². The molecule has 1 N–H and O–H groups in total. The zero-order chi connectivity index (χ0) is 13.1. The lowest BCUT2D eigenvalue weighted by Gasteiger charge is -2.26. The van der Waals surface area contributed by atoms with E-state index in [0.29, 0.717) is 0 Å². The maximum Gasteiger partial charge on any atom is 0.125 e. The normalized spacial score (nSPS) is 15.1. The van der Waals surface area contributed by atoms with Gasteiger partial charge in [0.2, 0.25) is 0 Å². The first-order valence-electron chi connectivity index (χ1n) is 6.45. The highest BCUT2D eigenvalue weighted by Gasteiger charge is 2.13. The minimum atomic E-state index is 0. The molecule has 116 valence electrons. The SMILES string of the molecule is Cl.Cl.Clc1ccccc1-c1nc(CN2CCNCC2)cs1. The molecule has 1 aromatic carbocycles. The van der Waals surface area contributed by atoms with Crippen molar-refractivity contribution in [2.45, 2.75) is 6.54 Å². The van der Waals surface area contributed by atoms with E-state index in [2.05, 4.69) is 15.6 Å². The van der Waals surface area contributed by atoms with Gasteiger partial charge in [0.15, 0.2) is 0 Å². The summed E-state index contributed by atoms with van der Waals surface area (Å²) < 4.78 is 0. The van der Waals surface area contributed by atoms with Gasteiger partial charge in [-0.2, -0.15) is 0 Å². The third-order valence-electron chi connectivity index (χ3n) is 3.25. The second-order valence-electron chi connectivity index (χ2n) is 4.65. The van der Waals surface area contributed by atoms with Crippen molar-refractivity contribution < 1.29 is 0 Å². The Labute approximate surface area is 146 Å². The van der Waals surface area contributed by atoms with E-state index in [9.17, 15) is 0 Å². The minimum absolute atomic E-state index is 0. The van der Waals surface area contributed by atoms with Crippen LogP contribution < -0.4 is 5.32 Å². The average Bonchev–Trinajstić information content (AvgIpc) is 2.89. The van der Waals surface area contributed by atoms with Gasteiger partial charge < -0.3 is 5.32 Å². The zero-order valence-corrected chi connectivity index (χ0v) is 14.6. The average molecular weight is 367 g/mol. The van der Waals surface area contributed by atoms with Crippen molar-refractivity contribution in [2.75, 3.05) is 26.2 Å². The number of thiazole rings is 1. The summed E-state index contributed by atoms with van der Waals surface area (Å²) in [5.74, 6) is 0. The number of piperazine rings is 1. The van der Waals surface area contributed by atoms with E-state index < -0.39 is 0 Å². The van der Waals surface area contributed by atoms with Crippen LogP contribution in [-0.4, -0.2) is 36.1 Å². The molecule has 0 atom stereocenters. The molecule has 0 bridgehead atoms. The first-order valence-corrected chi connectivity index (χ1v) is 7.71. The summed E-state index contributed by atoms with van der Waals surface area (Å²) in [6.45, 7) is 5.27. The van der Waals surface area contributed by atoms with E-state index in [4.69, 9.17) is 16.6 Å². The number of nitrogens with zero attached hydrogens (tertiary/aromatic N) is 2. The van der Waals surface area contributed by atoms with Crippen LogP contribution in [0.25, 0.3) is 10.6 Å². The van der Waals surface area contributed by atoms with Gasteiger partial charge in [0.05, 0.1) is 10.7 Å². The van der Waals surface area contributed by atoms with Crippen LogP contribution in [0.3, 0.4) is 0 Å². The Kier molecular flexibility index (Phi) is 7.95. The number of hydrogen-bond acceptors (Lipinski definition) is 4. The van der Waals surface area contributed by atoms with Crippen LogP contribution >= 0.6 is 47.8 Å². The number of hydrogen-bond donors (Lipinski definition) is 1. The smallest absolute Gasteiger partial charge is 0.125 e. The minimum Gasteiger partial charge on any atom is -0.314 e. The van der Waals surface area contributed by atoms with Gasteiger partial charge in [-0.1, -0.05) is 29.8 Å². The molecule has 0 amide bonds. The van der Waals surface area contributed by atoms with Crippen LogP contribution in [-0.2, 0) is 6.54 Å². The maximum absolute atomic E-state index is 6.21. The summed E-state index contributed by atoms with van der Waals surface area (Å²) >= 11 is 7.88. The van der Waals surface area contributed by atoms with Crippen molar-refractivity contribution in [3.63, 3.8) is 0 Å². The van der Waals surface area contributed by atoms with Gasteiger partial charge in [-0.25, -0.2) is 4.98 Å². The second-order valence-corrected chi connectivity index (χ2v) is 5.92. The van der Waals surface area contributed by atoms with Gasteiger partial charge in [-0.3, -0.25) is 4.90 Å². The van der Waals surface area contributed by atoms with Gasteiger partial charge in [0.25, 0.3) is 0 Å². The first kappa shape index (κ1) is 18.7. The van der Waals surface area contributed by atoms with E-state index in [1.807, 2.05) is 24.3 Å². The molecule has 1 saturated heterocycles. The largest absolute Gasteiger partial charge is 0.314 e. The summed E-state index contributed by atoms with van der Waals surface area (Å²) in [7, 11) is 0. The Balaban J connectivity index is 0.00000110. The maximum atomic E-state index is 6.21. The lowest BCUT2D eigenvalue weighted by molar-refractivity contribution is 0.231. The predicted octanol–water partition coefficient (Wildman–Crippen LogP) is 3.71. The number of benzene rings is 1. The monoisotopic (exact) mass is 365 g/mol. The van der Waals surface area contributed by atoms with E-state index >= 15 is 0 Å². The number of aromatic nitrogens is 1. The summed E-state index contributed by atoms with van der Waals surface area (Å²) in [4.78, 5) is 7.14. The first-order chi connectivity index (χ1) is 9.33. The van der Waals surface area contributed by atoms with E-state index in [1.165, 1.54) is 0 Å². The van der Waals surface area contributed by atoms with E-state index in [-0.39, 0.29) is 24.8 Å². The molecular formula is C14H18Cl3N3S. The van der Waals surface area contributed by atoms with Crippen molar-refractivity contribution in [3.8, 4) is 10.6 Å². The third-order valence-corrected chi connectivity index (χ3v) is 4.51. The summed E-state index contributed by atoms with van der Waals surface area (Å²) in [6.07, 6.45) is 0. The van der Waals surface area contributed by atoms with Gasteiger partial charge in [0, 0.05) is 43.7 Å². The molecule has 0 spiro atoms. The Morgan fingerprint density at radius 2 is 1.90 bits per heavy atom. The lowest BCUT2D eigenvalue weighted by Crippen LogP contribution is -2.42. The molecule has 1 fully saturated rings. The van der Waals surface area contributed by atoms with Gasteiger partial charge in [-0.05, 0) is 6.07 Å². The molecule has 7 heteroatoms. The van der Waals surface area contributed by atoms with Crippen molar-refractivity contribution in [1.82, 2.24) is 15.2 Å². The molecule has 3 rings (SSSR count). The quantitative estimate of drug-likeness (QED) is 0.897. The molecule has 1 aliphatic rings. The van der Waals surface area contributed by atoms with Crippen molar-refractivity contribution >= 4 is 47.8 Å².